The molecule has 12 nitrogen and oxygen atoms in total. The first-order valence-corrected chi connectivity index (χ1v) is 9.72. The smallest absolute Gasteiger partial charge is 0.313 e. The summed E-state index contributed by atoms with van der Waals surface area (Å²) in [6.07, 6.45) is 0. The number of nitrogens with one attached hydrogen (secondary N) is 1. The molecule has 3 aromatic rings. The number of benzene rings is 2. The molecule has 0 amide bonds. The molecule has 2 aromatic carbocycles. The summed E-state index contributed by atoms with van der Waals surface area (Å²) in [5.41, 5.74) is -0.405. The number of hydrogen-bond acceptors (Lipinski definition) is 8. The summed E-state index contributed by atoms with van der Waals surface area (Å²) in [7, 11) is -4.37. The van der Waals surface area contributed by atoms with Crippen LogP contribution in [0.1, 0.15) is 11.3 Å². The Balaban J connectivity index is 2.02. The quantitative estimate of drug-likeness (QED) is 0.239. The number of aryl methyl sites for hydroxylation is 2. The van der Waals surface area contributed by atoms with Gasteiger partial charge in [-0.25, -0.2) is 4.68 Å². The van der Waals surface area contributed by atoms with Gasteiger partial charge in [0.25, 0.3) is 15.7 Å². The normalized spacial score (nSPS) is 11.8. The molecule has 1 heterocycles. The number of aromatic nitrogens is 2. The Kier molecular flexibility index (Phi) is 5.24. The average molecular weight is 433 g/mol. The molecule has 0 saturated carbocycles. The van der Waals surface area contributed by atoms with Gasteiger partial charge in [0, 0.05) is 6.07 Å². The number of aromatic hydroxyl groups is 1. The van der Waals surface area contributed by atoms with Gasteiger partial charge in [-0.2, -0.15) is 8.42 Å². The summed E-state index contributed by atoms with van der Waals surface area (Å²) in [5, 5.41) is 31.4. The number of nitro benzene ring substituents is 1. The summed E-state index contributed by atoms with van der Waals surface area (Å²) >= 11 is 0. The molecule has 3 rings (SSSR count). The van der Waals surface area contributed by atoms with Crippen molar-refractivity contribution in [3.8, 4) is 11.4 Å². The number of nitrogens with zero attached hydrogens (tertiary/aromatic N) is 4. The van der Waals surface area contributed by atoms with Crippen LogP contribution in [0.2, 0.25) is 0 Å². The Morgan fingerprint density at radius 3 is 2.33 bits per heavy atom. The third-order valence-electron chi connectivity index (χ3n) is 4.10. The van der Waals surface area contributed by atoms with Crippen LogP contribution in [-0.4, -0.2) is 32.8 Å². The van der Waals surface area contributed by atoms with E-state index in [2.05, 4.69) is 15.3 Å². The second-order valence-corrected chi connectivity index (χ2v) is 7.73. The van der Waals surface area contributed by atoms with Gasteiger partial charge in [-0.1, -0.05) is 0 Å². The van der Waals surface area contributed by atoms with E-state index in [1.807, 2.05) is 0 Å². The molecule has 0 spiro atoms. The lowest BCUT2D eigenvalue weighted by Gasteiger charge is -2.02. The van der Waals surface area contributed by atoms with Crippen molar-refractivity contribution < 1.29 is 23.0 Å². The van der Waals surface area contributed by atoms with Gasteiger partial charge in [-0.05, 0) is 49.7 Å². The summed E-state index contributed by atoms with van der Waals surface area (Å²) in [5.74, 6) is -0.677. The van der Waals surface area contributed by atoms with Crippen molar-refractivity contribution >= 4 is 27.2 Å². The van der Waals surface area contributed by atoms with Crippen molar-refractivity contribution in [2.24, 2.45) is 10.2 Å². The van der Waals surface area contributed by atoms with E-state index in [-0.39, 0.29) is 22.0 Å². The highest BCUT2D eigenvalue weighted by Gasteiger charge is 2.19. The molecule has 0 saturated heterocycles. The lowest BCUT2D eigenvalue weighted by molar-refractivity contribution is -0.385. The Hall–Kier alpha value is -3.84. The minimum atomic E-state index is -4.37. The highest BCUT2D eigenvalue weighted by molar-refractivity contribution is 7.85. The topological polar surface area (TPSA) is 180 Å². The summed E-state index contributed by atoms with van der Waals surface area (Å²) < 4.78 is 32.4. The van der Waals surface area contributed by atoms with E-state index < -0.39 is 32.0 Å². The Bertz CT molecular complexity index is 1340. The van der Waals surface area contributed by atoms with Gasteiger partial charge >= 0.3 is 5.69 Å². The van der Waals surface area contributed by atoms with E-state index in [4.69, 9.17) is 4.55 Å². The van der Waals surface area contributed by atoms with Crippen LogP contribution in [0.3, 0.4) is 0 Å². The van der Waals surface area contributed by atoms with E-state index in [1.54, 1.807) is 6.92 Å². The van der Waals surface area contributed by atoms with Gasteiger partial charge in [-0.15, -0.1) is 10.2 Å². The van der Waals surface area contributed by atoms with Crippen LogP contribution >= 0.6 is 0 Å². The van der Waals surface area contributed by atoms with Crippen molar-refractivity contribution in [3.63, 3.8) is 0 Å². The second kappa shape index (κ2) is 7.53. The molecule has 0 radical (unpaired) electrons. The molecule has 30 heavy (non-hydrogen) atoms. The first kappa shape index (κ1) is 20.9. The van der Waals surface area contributed by atoms with E-state index in [0.717, 1.165) is 16.8 Å². The second-order valence-electron chi connectivity index (χ2n) is 6.30. The van der Waals surface area contributed by atoms with Gasteiger partial charge in [0.05, 0.1) is 21.2 Å². The number of azo groups is 1. The number of aromatic amines is 1. The molecule has 0 atom stereocenters. The van der Waals surface area contributed by atoms with Crippen molar-refractivity contribution in [2.75, 3.05) is 0 Å². The van der Waals surface area contributed by atoms with Gasteiger partial charge < -0.3 is 5.11 Å². The molecule has 0 aliphatic carbocycles. The maximum Gasteiger partial charge on any atom is 0.313 e. The van der Waals surface area contributed by atoms with Crippen molar-refractivity contribution in [2.45, 2.75) is 18.7 Å². The molecular formula is C17H15N5O7S. The number of hydrogen-bond donors (Lipinski definition) is 3. The minimum absolute atomic E-state index is 0.114. The van der Waals surface area contributed by atoms with Gasteiger partial charge in [0.15, 0.2) is 5.69 Å². The molecule has 13 heteroatoms. The molecule has 1 aromatic heterocycles. The molecule has 0 aliphatic rings. The zero-order valence-corrected chi connectivity index (χ0v) is 16.4. The van der Waals surface area contributed by atoms with Crippen molar-refractivity contribution in [1.29, 1.82) is 0 Å². The first-order valence-electron chi connectivity index (χ1n) is 8.28. The van der Waals surface area contributed by atoms with E-state index in [0.29, 0.717) is 11.3 Å². The van der Waals surface area contributed by atoms with Crippen molar-refractivity contribution in [3.05, 3.63) is 68.1 Å². The zero-order valence-electron chi connectivity index (χ0n) is 15.6. The molecule has 0 aliphatic heterocycles. The number of nitro groups is 1. The fourth-order valence-electron chi connectivity index (χ4n) is 2.66. The van der Waals surface area contributed by atoms with Gasteiger partial charge in [0.2, 0.25) is 5.75 Å². The zero-order chi connectivity index (χ0) is 22.2. The van der Waals surface area contributed by atoms with Crippen LogP contribution < -0.4 is 5.56 Å². The number of rotatable bonds is 5. The predicted molar refractivity (Wildman–Crippen MR) is 105 cm³/mol. The highest BCUT2D eigenvalue weighted by Crippen LogP contribution is 2.37. The number of H-pyrrole nitrogens is 1. The van der Waals surface area contributed by atoms with Gasteiger partial charge in [-0.3, -0.25) is 24.6 Å². The van der Waals surface area contributed by atoms with Crippen LogP contribution in [-0.2, 0) is 10.1 Å². The fourth-order valence-corrected chi connectivity index (χ4v) is 3.14. The number of phenolic OH excluding ortho intramolecular Hbond substituents is 1. The third kappa shape index (κ3) is 3.97. The SMILES string of the molecule is Cc1cc(N=Nc2c(C)[nH]n(-c3ccc(S(=O)(=O)O)cc3)c2=O)c(O)c([N+](=O)[O-])c1. The van der Waals surface area contributed by atoms with E-state index >= 15 is 0 Å². The monoisotopic (exact) mass is 433 g/mol. The maximum atomic E-state index is 12.7. The lowest BCUT2D eigenvalue weighted by atomic mass is 10.2. The Morgan fingerprint density at radius 1 is 1.13 bits per heavy atom. The number of phenols is 1. The molecule has 156 valence electrons. The predicted octanol–water partition coefficient (Wildman–Crippen LogP) is 3.06. The fraction of sp³-hybridized carbons (Fsp3) is 0.118. The van der Waals surface area contributed by atoms with Crippen LogP contribution in [0.4, 0.5) is 17.1 Å². The molecule has 0 fully saturated rings. The summed E-state index contributed by atoms with van der Waals surface area (Å²) in [6, 6.07) is 7.41. The van der Waals surface area contributed by atoms with Gasteiger partial charge in [0.1, 0.15) is 5.69 Å². The standard InChI is InChI=1S/C17H15N5O7S/c1-9-7-13(16(23)14(8-9)22(25)26)18-19-15-10(2)20-21(17(15)24)11-3-5-12(6-4-11)30(27,28)29/h3-8,20,23H,1-2H3,(H,27,28,29). The average Bonchev–Trinajstić information content (AvgIpc) is 2.95. The molecular weight excluding hydrogens is 418 g/mol. The Morgan fingerprint density at radius 2 is 1.77 bits per heavy atom. The van der Waals surface area contributed by atoms with Crippen LogP contribution in [0, 0.1) is 24.0 Å². The first-order chi connectivity index (χ1) is 14.0. The molecule has 3 N–H and O–H groups in total. The van der Waals surface area contributed by atoms with E-state index in [9.17, 15) is 28.4 Å². The minimum Gasteiger partial charge on any atom is -0.501 e. The van der Waals surface area contributed by atoms with Crippen LogP contribution in [0.15, 0.2) is 56.3 Å². The third-order valence-corrected chi connectivity index (χ3v) is 4.97. The van der Waals surface area contributed by atoms with E-state index in [1.165, 1.54) is 31.2 Å². The summed E-state index contributed by atoms with van der Waals surface area (Å²) in [6.45, 7) is 3.12. The molecule has 0 bridgehead atoms. The van der Waals surface area contributed by atoms with Crippen LogP contribution in [0.25, 0.3) is 5.69 Å². The summed E-state index contributed by atoms with van der Waals surface area (Å²) in [4.78, 5) is 22.6. The molecule has 0 unspecified atom stereocenters. The van der Waals surface area contributed by atoms with Crippen LogP contribution in [0.5, 0.6) is 5.75 Å². The highest BCUT2D eigenvalue weighted by atomic mass is 32.2. The maximum absolute atomic E-state index is 12.7. The Labute approximate surface area is 169 Å². The largest absolute Gasteiger partial charge is 0.501 e. The van der Waals surface area contributed by atoms with Crippen molar-refractivity contribution in [1.82, 2.24) is 9.78 Å². The lowest BCUT2D eigenvalue weighted by Crippen LogP contribution is -2.14.